The zero-order valence-corrected chi connectivity index (χ0v) is 11.3. The van der Waals surface area contributed by atoms with Gasteiger partial charge in [0.05, 0.1) is 0 Å². The molecule has 1 atom stereocenters. The van der Waals surface area contributed by atoms with Crippen molar-refractivity contribution in [3.63, 3.8) is 0 Å². The number of rotatable bonds is 4. The molecule has 0 radical (unpaired) electrons. The summed E-state index contributed by atoms with van der Waals surface area (Å²) in [7, 11) is 0. The highest BCUT2D eigenvalue weighted by atomic mass is 79.9. The molecule has 0 bridgehead atoms. The van der Waals surface area contributed by atoms with Crippen molar-refractivity contribution in [2.75, 3.05) is 13.1 Å². The maximum absolute atomic E-state index is 11.7. The normalized spacial score (nSPS) is 19.2. The van der Waals surface area contributed by atoms with E-state index in [2.05, 4.69) is 26.6 Å². The summed E-state index contributed by atoms with van der Waals surface area (Å²) in [5, 5.41) is 6.24. The summed E-state index contributed by atoms with van der Waals surface area (Å²) in [6.07, 6.45) is 1.76. The molecule has 4 heteroatoms. The number of carbonyl (C=O) groups is 1. The minimum absolute atomic E-state index is 0.154. The third-order valence-corrected chi connectivity index (χ3v) is 3.57. The molecule has 1 aliphatic heterocycles. The lowest BCUT2D eigenvalue weighted by atomic mass is 10.0. The first-order valence-corrected chi connectivity index (χ1v) is 6.75. The molecule has 1 aliphatic rings. The van der Waals surface area contributed by atoms with Crippen molar-refractivity contribution < 1.29 is 4.79 Å². The van der Waals surface area contributed by atoms with E-state index in [0.717, 1.165) is 29.5 Å². The lowest BCUT2D eigenvalue weighted by Crippen LogP contribution is -2.25. The van der Waals surface area contributed by atoms with Gasteiger partial charge in [-0.25, -0.2) is 0 Å². The van der Waals surface area contributed by atoms with Crippen LogP contribution in [0.3, 0.4) is 0 Å². The van der Waals surface area contributed by atoms with Gasteiger partial charge in [0.25, 0.3) is 0 Å². The maximum atomic E-state index is 11.7. The van der Waals surface area contributed by atoms with Gasteiger partial charge in [-0.2, -0.15) is 0 Å². The Morgan fingerprint density at radius 1 is 1.41 bits per heavy atom. The Hall–Kier alpha value is -0.870. The van der Waals surface area contributed by atoms with Gasteiger partial charge in [-0.1, -0.05) is 28.1 Å². The monoisotopic (exact) mass is 296 g/mol. The van der Waals surface area contributed by atoms with Gasteiger partial charge in [-0.05, 0) is 43.1 Å². The fourth-order valence-electron chi connectivity index (χ4n) is 2.03. The van der Waals surface area contributed by atoms with Crippen LogP contribution in [0.5, 0.6) is 0 Å². The zero-order chi connectivity index (χ0) is 12.1. The van der Waals surface area contributed by atoms with Gasteiger partial charge in [-0.15, -0.1) is 0 Å². The van der Waals surface area contributed by atoms with Crippen LogP contribution in [0.4, 0.5) is 0 Å². The second-order valence-corrected chi connectivity index (χ2v) is 5.38. The summed E-state index contributed by atoms with van der Waals surface area (Å²) in [5.41, 5.74) is 1.13. The van der Waals surface area contributed by atoms with Crippen LogP contribution in [0.25, 0.3) is 0 Å². The van der Waals surface area contributed by atoms with E-state index in [-0.39, 0.29) is 5.91 Å². The minimum atomic E-state index is 0.154. The van der Waals surface area contributed by atoms with E-state index in [1.165, 1.54) is 0 Å². The molecule has 0 spiro atoms. The van der Waals surface area contributed by atoms with Crippen LogP contribution in [0.1, 0.15) is 18.4 Å². The lowest BCUT2D eigenvalue weighted by Gasteiger charge is -2.09. The Kier molecular flexibility index (Phi) is 4.57. The molecule has 0 aromatic heterocycles. The summed E-state index contributed by atoms with van der Waals surface area (Å²) in [6, 6.07) is 8.01. The molecule has 2 N–H and O–H groups in total. The smallest absolute Gasteiger partial charge is 0.220 e. The third-order valence-electron chi connectivity index (χ3n) is 3.04. The molecule has 0 aliphatic carbocycles. The van der Waals surface area contributed by atoms with E-state index in [4.69, 9.17) is 0 Å². The standard InChI is InChI=1S/C13H17BrN2O/c14-12-3-1-10(2-4-12)9-16-13(17)7-11-5-6-15-8-11/h1-4,11,15H,5-9H2,(H,16,17). The van der Waals surface area contributed by atoms with Gasteiger partial charge in [0.1, 0.15) is 0 Å². The molecular formula is C13H17BrN2O. The average Bonchev–Trinajstić information content (AvgIpc) is 2.81. The molecule has 92 valence electrons. The molecule has 3 nitrogen and oxygen atoms in total. The summed E-state index contributed by atoms with van der Waals surface area (Å²) in [4.78, 5) is 11.7. The number of benzene rings is 1. The van der Waals surface area contributed by atoms with Crippen LogP contribution in [0.2, 0.25) is 0 Å². The number of halogens is 1. The lowest BCUT2D eigenvalue weighted by molar-refractivity contribution is -0.122. The van der Waals surface area contributed by atoms with Crippen LogP contribution in [-0.4, -0.2) is 19.0 Å². The van der Waals surface area contributed by atoms with Crippen LogP contribution >= 0.6 is 15.9 Å². The summed E-state index contributed by atoms with van der Waals surface area (Å²) >= 11 is 3.39. The molecule has 1 unspecified atom stereocenters. The van der Waals surface area contributed by atoms with Crippen LogP contribution in [0, 0.1) is 5.92 Å². The molecule has 1 heterocycles. The fraction of sp³-hybridized carbons (Fsp3) is 0.462. The highest BCUT2D eigenvalue weighted by Crippen LogP contribution is 2.12. The van der Waals surface area contributed by atoms with Gasteiger partial charge in [0.2, 0.25) is 5.91 Å². The van der Waals surface area contributed by atoms with E-state index in [1.54, 1.807) is 0 Å². The summed E-state index contributed by atoms with van der Waals surface area (Å²) < 4.78 is 1.06. The molecule has 17 heavy (non-hydrogen) atoms. The molecule has 2 rings (SSSR count). The topological polar surface area (TPSA) is 41.1 Å². The second kappa shape index (κ2) is 6.17. The number of nitrogens with one attached hydrogen (secondary N) is 2. The number of hydrogen-bond acceptors (Lipinski definition) is 2. The maximum Gasteiger partial charge on any atom is 0.220 e. The van der Waals surface area contributed by atoms with Gasteiger partial charge in [0.15, 0.2) is 0 Å². The molecule has 1 amide bonds. The summed E-state index contributed by atoms with van der Waals surface area (Å²) in [5.74, 6) is 0.668. The van der Waals surface area contributed by atoms with Gasteiger partial charge < -0.3 is 10.6 Å². The molecule has 1 saturated heterocycles. The predicted molar refractivity (Wildman–Crippen MR) is 71.6 cm³/mol. The zero-order valence-electron chi connectivity index (χ0n) is 9.71. The van der Waals surface area contributed by atoms with E-state index in [1.807, 2.05) is 24.3 Å². The van der Waals surface area contributed by atoms with Crippen LogP contribution in [0.15, 0.2) is 28.7 Å². The molecule has 0 saturated carbocycles. The van der Waals surface area contributed by atoms with E-state index in [9.17, 15) is 4.79 Å². The first kappa shape index (κ1) is 12.6. The summed E-state index contributed by atoms with van der Waals surface area (Å²) in [6.45, 7) is 2.64. The van der Waals surface area contributed by atoms with Crippen LogP contribution in [-0.2, 0) is 11.3 Å². The minimum Gasteiger partial charge on any atom is -0.352 e. The number of hydrogen-bond donors (Lipinski definition) is 2. The Balaban J connectivity index is 1.73. The van der Waals surface area contributed by atoms with Crippen molar-refractivity contribution in [3.05, 3.63) is 34.3 Å². The number of carbonyl (C=O) groups excluding carboxylic acids is 1. The molecule has 1 aromatic rings. The van der Waals surface area contributed by atoms with E-state index >= 15 is 0 Å². The van der Waals surface area contributed by atoms with Crippen molar-refractivity contribution in [1.82, 2.24) is 10.6 Å². The number of amides is 1. The van der Waals surface area contributed by atoms with Gasteiger partial charge in [-0.3, -0.25) is 4.79 Å². The molecule has 1 fully saturated rings. The van der Waals surface area contributed by atoms with Crippen molar-refractivity contribution in [2.24, 2.45) is 5.92 Å². The Morgan fingerprint density at radius 2 is 2.18 bits per heavy atom. The van der Waals surface area contributed by atoms with Crippen molar-refractivity contribution in [3.8, 4) is 0 Å². The van der Waals surface area contributed by atoms with E-state index < -0.39 is 0 Å². The highest BCUT2D eigenvalue weighted by Gasteiger charge is 2.17. The van der Waals surface area contributed by atoms with Gasteiger partial charge >= 0.3 is 0 Å². The largest absolute Gasteiger partial charge is 0.352 e. The second-order valence-electron chi connectivity index (χ2n) is 4.47. The predicted octanol–water partition coefficient (Wildman–Crippen LogP) is 2.06. The Morgan fingerprint density at radius 3 is 2.82 bits per heavy atom. The third kappa shape index (κ3) is 4.13. The van der Waals surface area contributed by atoms with Gasteiger partial charge in [0, 0.05) is 17.4 Å². The molecule has 1 aromatic carbocycles. The van der Waals surface area contributed by atoms with Crippen molar-refractivity contribution in [1.29, 1.82) is 0 Å². The van der Waals surface area contributed by atoms with Crippen LogP contribution < -0.4 is 10.6 Å². The quantitative estimate of drug-likeness (QED) is 0.893. The fourth-order valence-corrected chi connectivity index (χ4v) is 2.29. The average molecular weight is 297 g/mol. The highest BCUT2D eigenvalue weighted by molar-refractivity contribution is 9.10. The Labute approximate surface area is 110 Å². The molecular weight excluding hydrogens is 280 g/mol. The van der Waals surface area contributed by atoms with Crippen molar-refractivity contribution >= 4 is 21.8 Å². The van der Waals surface area contributed by atoms with E-state index in [0.29, 0.717) is 18.9 Å². The first-order valence-electron chi connectivity index (χ1n) is 5.96. The first-order chi connectivity index (χ1) is 8.24. The Bertz CT molecular complexity index is 372. The van der Waals surface area contributed by atoms with Crippen molar-refractivity contribution in [2.45, 2.75) is 19.4 Å². The SMILES string of the molecule is O=C(CC1CCNC1)NCc1ccc(Br)cc1.